The van der Waals surface area contributed by atoms with Gasteiger partial charge in [0.05, 0.1) is 6.61 Å². The van der Waals surface area contributed by atoms with Gasteiger partial charge in [-0.2, -0.15) is 0 Å². The highest BCUT2D eigenvalue weighted by Crippen LogP contribution is 2.39. The monoisotopic (exact) mass is 199 g/mol. The Balaban J connectivity index is 2.58. The van der Waals surface area contributed by atoms with E-state index >= 15 is 0 Å². The summed E-state index contributed by atoms with van der Waals surface area (Å²) in [6.45, 7) is 7.67. The number of hydrogen-bond donors (Lipinski definition) is 1. The molecule has 0 spiro atoms. The van der Waals surface area contributed by atoms with Crippen molar-refractivity contribution >= 4 is 0 Å². The van der Waals surface area contributed by atoms with E-state index in [1.807, 2.05) is 0 Å². The molecule has 0 heterocycles. The molecule has 2 N–H and O–H groups in total. The molecule has 3 atom stereocenters. The summed E-state index contributed by atoms with van der Waals surface area (Å²) in [5.41, 5.74) is 6.46. The molecule has 14 heavy (non-hydrogen) atoms. The van der Waals surface area contributed by atoms with E-state index in [1.54, 1.807) is 7.11 Å². The molecule has 0 amide bonds. The molecule has 0 saturated heterocycles. The minimum atomic E-state index is 0.230. The Morgan fingerprint density at radius 3 is 2.50 bits per heavy atom. The molecule has 1 aliphatic carbocycles. The Morgan fingerprint density at radius 2 is 2.00 bits per heavy atom. The van der Waals surface area contributed by atoms with Crippen LogP contribution in [0.5, 0.6) is 0 Å². The molecular formula is C12H25NO. The summed E-state index contributed by atoms with van der Waals surface area (Å²) >= 11 is 0. The SMILES string of the molecule is COCC(C)(C)C1CCC(C)CC1N. The molecule has 1 rings (SSSR count). The number of nitrogens with two attached hydrogens (primary N) is 1. The van der Waals surface area contributed by atoms with Crippen LogP contribution in [0.3, 0.4) is 0 Å². The predicted molar refractivity (Wildman–Crippen MR) is 60.1 cm³/mol. The average molecular weight is 199 g/mol. The zero-order chi connectivity index (χ0) is 10.8. The predicted octanol–water partition coefficient (Wildman–Crippen LogP) is 2.42. The van der Waals surface area contributed by atoms with Gasteiger partial charge in [0.2, 0.25) is 0 Å². The molecule has 2 nitrogen and oxygen atoms in total. The fraction of sp³-hybridized carbons (Fsp3) is 1.00. The summed E-state index contributed by atoms with van der Waals surface area (Å²) in [5.74, 6) is 1.43. The van der Waals surface area contributed by atoms with Crippen LogP contribution in [0.4, 0.5) is 0 Å². The van der Waals surface area contributed by atoms with Gasteiger partial charge in [-0.05, 0) is 30.1 Å². The number of rotatable bonds is 3. The first kappa shape index (κ1) is 12.0. The van der Waals surface area contributed by atoms with E-state index < -0.39 is 0 Å². The summed E-state index contributed by atoms with van der Waals surface area (Å²) in [5, 5.41) is 0. The maximum atomic E-state index is 6.23. The molecule has 84 valence electrons. The fourth-order valence-corrected chi connectivity index (χ4v) is 2.87. The summed E-state index contributed by atoms with van der Waals surface area (Å²) < 4.78 is 5.28. The average Bonchev–Trinajstić information content (AvgIpc) is 2.02. The third-order valence-electron chi connectivity index (χ3n) is 3.68. The number of ether oxygens (including phenoxy) is 1. The Kier molecular flexibility index (Phi) is 3.96. The summed E-state index contributed by atoms with van der Waals surface area (Å²) in [4.78, 5) is 0. The van der Waals surface area contributed by atoms with Crippen molar-refractivity contribution in [3.8, 4) is 0 Å². The summed E-state index contributed by atoms with van der Waals surface area (Å²) in [7, 11) is 1.78. The second-order valence-electron chi connectivity index (χ2n) is 5.61. The van der Waals surface area contributed by atoms with Gasteiger partial charge in [-0.25, -0.2) is 0 Å². The molecule has 3 unspecified atom stereocenters. The Morgan fingerprint density at radius 1 is 1.36 bits per heavy atom. The maximum Gasteiger partial charge on any atom is 0.0516 e. The minimum Gasteiger partial charge on any atom is -0.384 e. The first-order chi connectivity index (χ1) is 6.47. The van der Waals surface area contributed by atoms with E-state index in [0.29, 0.717) is 12.0 Å². The van der Waals surface area contributed by atoms with Gasteiger partial charge in [0, 0.05) is 13.2 Å². The van der Waals surface area contributed by atoms with Gasteiger partial charge in [0.15, 0.2) is 0 Å². The van der Waals surface area contributed by atoms with Crippen molar-refractivity contribution in [3.05, 3.63) is 0 Å². The van der Waals surface area contributed by atoms with Crippen molar-refractivity contribution < 1.29 is 4.74 Å². The van der Waals surface area contributed by atoms with Gasteiger partial charge in [-0.1, -0.05) is 27.2 Å². The zero-order valence-electron chi connectivity index (χ0n) is 10.0. The van der Waals surface area contributed by atoms with Crippen LogP contribution in [-0.4, -0.2) is 19.8 Å². The highest BCUT2D eigenvalue weighted by molar-refractivity contribution is 4.90. The van der Waals surface area contributed by atoms with Crippen LogP contribution in [0, 0.1) is 17.3 Å². The second kappa shape index (κ2) is 4.63. The van der Waals surface area contributed by atoms with Crippen LogP contribution in [0.15, 0.2) is 0 Å². The van der Waals surface area contributed by atoms with E-state index in [2.05, 4.69) is 20.8 Å². The summed E-state index contributed by atoms with van der Waals surface area (Å²) in [6.07, 6.45) is 3.77. The molecule has 0 aromatic heterocycles. The topological polar surface area (TPSA) is 35.2 Å². The first-order valence-electron chi connectivity index (χ1n) is 5.72. The maximum absolute atomic E-state index is 6.23. The van der Waals surface area contributed by atoms with E-state index in [1.165, 1.54) is 19.3 Å². The van der Waals surface area contributed by atoms with Crippen LogP contribution in [0.2, 0.25) is 0 Å². The minimum absolute atomic E-state index is 0.230. The molecule has 0 bridgehead atoms. The molecule has 1 aliphatic rings. The molecule has 1 fully saturated rings. The second-order valence-corrected chi connectivity index (χ2v) is 5.61. The lowest BCUT2D eigenvalue weighted by molar-refractivity contribution is 0.0272. The molecule has 0 aromatic rings. The molecule has 1 saturated carbocycles. The third kappa shape index (κ3) is 2.71. The molecule has 0 aromatic carbocycles. The van der Waals surface area contributed by atoms with Gasteiger partial charge < -0.3 is 10.5 Å². The van der Waals surface area contributed by atoms with Crippen molar-refractivity contribution in [1.29, 1.82) is 0 Å². The van der Waals surface area contributed by atoms with E-state index in [4.69, 9.17) is 10.5 Å². The van der Waals surface area contributed by atoms with Crippen LogP contribution >= 0.6 is 0 Å². The van der Waals surface area contributed by atoms with Gasteiger partial charge in [0.25, 0.3) is 0 Å². The van der Waals surface area contributed by atoms with Crippen molar-refractivity contribution in [2.24, 2.45) is 23.0 Å². The highest BCUT2D eigenvalue weighted by atomic mass is 16.5. The standard InChI is InChI=1S/C12H25NO/c1-9-5-6-10(11(13)7-9)12(2,3)8-14-4/h9-11H,5-8,13H2,1-4H3. The fourth-order valence-electron chi connectivity index (χ4n) is 2.87. The Hall–Kier alpha value is -0.0800. The van der Waals surface area contributed by atoms with Crippen LogP contribution in [-0.2, 0) is 4.74 Å². The normalized spacial score (nSPS) is 34.5. The molecule has 2 heteroatoms. The van der Waals surface area contributed by atoms with Gasteiger partial charge in [-0.15, -0.1) is 0 Å². The Bertz CT molecular complexity index is 179. The smallest absolute Gasteiger partial charge is 0.0516 e. The lowest BCUT2D eigenvalue weighted by Gasteiger charge is -2.42. The van der Waals surface area contributed by atoms with Gasteiger partial charge >= 0.3 is 0 Å². The molecule has 0 radical (unpaired) electrons. The van der Waals surface area contributed by atoms with Crippen molar-refractivity contribution in [2.45, 2.75) is 46.1 Å². The molecular weight excluding hydrogens is 174 g/mol. The van der Waals surface area contributed by atoms with Crippen LogP contribution in [0.1, 0.15) is 40.0 Å². The van der Waals surface area contributed by atoms with Gasteiger partial charge in [-0.3, -0.25) is 0 Å². The van der Waals surface area contributed by atoms with Crippen LogP contribution < -0.4 is 5.73 Å². The van der Waals surface area contributed by atoms with E-state index in [9.17, 15) is 0 Å². The van der Waals surface area contributed by atoms with E-state index in [-0.39, 0.29) is 5.41 Å². The van der Waals surface area contributed by atoms with Crippen molar-refractivity contribution in [3.63, 3.8) is 0 Å². The third-order valence-corrected chi connectivity index (χ3v) is 3.68. The largest absolute Gasteiger partial charge is 0.384 e. The highest BCUT2D eigenvalue weighted by Gasteiger charge is 2.37. The molecule has 0 aliphatic heterocycles. The summed E-state index contributed by atoms with van der Waals surface area (Å²) in [6, 6.07) is 0.365. The first-order valence-corrected chi connectivity index (χ1v) is 5.72. The quantitative estimate of drug-likeness (QED) is 0.757. The Labute approximate surface area is 88.2 Å². The van der Waals surface area contributed by atoms with Gasteiger partial charge in [0.1, 0.15) is 0 Å². The zero-order valence-corrected chi connectivity index (χ0v) is 10.0. The lowest BCUT2D eigenvalue weighted by Crippen LogP contribution is -2.45. The van der Waals surface area contributed by atoms with Crippen LogP contribution in [0.25, 0.3) is 0 Å². The van der Waals surface area contributed by atoms with Crippen molar-refractivity contribution in [1.82, 2.24) is 0 Å². The number of hydrogen-bond acceptors (Lipinski definition) is 2. The van der Waals surface area contributed by atoms with E-state index in [0.717, 1.165) is 12.5 Å². The lowest BCUT2D eigenvalue weighted by atomic mass is 9.67. The van der Waals surface area contributed by atoms with Crippen molar-refractivity contribution in [2.75, 3.05) is 13.7 Å². The number of methoxy groups -OCH3 is 1.